The summed E-state index contributed by atoms with van der Waals surface area (Å²) in [7, 11) is 1.91. The zero-order valence-electron chi connectivity index (χ0n) is 16.6. The maximum absolute atomic E-state index is 13.0. The van der Waals surface area contributed by atoms with Crippen LogP contribution in [0.2, 0.25) is 0 Å². The van der Waals surface area contributed by atoms with Gasteiger partial charge in [-0.3, -0.25) is 9.69 Å². The number of benzene rings is 1. The Morgan fingerprint density at radius 1 is 1.30 bits per heavy atom. The molecule has 1 unspecified atom stereocenters. The largest absolute Gasteiger partial charge is 0.435 e. The molecule has 1 aromatic carbocycles. The molecule has 2 aliphatic rings. The minimum Gasteiger partial charge on any atom is -0.435 e. The fourth-order valence-corrected chi connectivity index (χ4v) is 4.55. The number of hydrogen-bond donors (Lipinski definition) is 0. The summed E-state index contributed by atoms with van der Waals surface area (Å²) in [6, 6.07) is 9.57. The van der Waals surface area contributed by atoms with E-state index in [1.807, 2.05) is 25.8 Å². The maximum Gasteiger partial charge on any atom is 0.291 e. The summed E-state index contributed by atoms with van der Waals surface area (Å²) in [5.41, 5.74) is 3.67. The molecule has 1 aliphatic carbocycles. The van der Waals surface area contributed by atoms with Crippen molar-refractivity contribution < 1.29 is 9.21 Å². The number of piperidine rings is 1. The van der Waals surface area contributed by atoms with Crippen LogP contribution in [0, 0.1) is 6.92 Å². The van der Waals surface area contributed by atoms with Crippen LogP contribution in [0.3, 0.4) is 0 Å². The molecule has 1 saturated heterocycles. The quantitative estimate of drug-likeness (QED) is 0.832. The number of likely N-dealkylation sites (N-methyl/N-ethyl adjacent to an activating group) is 1. The number of rotatable bonds is 4. The number of likely N-dealkylation sites (tertiary alicyclic amines) is 1. The van der Waals surface area contributed by atoms with Gasteiger partial charge in [-0.25, -0.2) is 4.98 Å². The van der Waals surface area contributed by atoms with E-state index in [0.29, 0.717) is 29.8 Å². The number of amides is 1. The number of oxazole rings is 1. The van der Waals surface area contributed by atoms with Gasteiger partial charge < -0.3 is 9.32 Å². The molecule has 1 aliphatic heterocycles. The van der Waals surface area contributed by atoms with Crippen LogP contribution >= 0.6 is 0 Å². The van der Waals surface area contributed by atoms with E-state index in [4.69, 9.17) is 4.42 Å². The summed E-state index contributed by atoms with van der Waals surface area (Å²) < 4.78 is 5.69. The lowest BCUT2D eigenvalue weighted by atomic mass is 10.0. The zero-order chi connectivity index (χ0) is 19.0. The zero-order valence-corrected chi connectivity index (χ0v) is 16.6. The number of carbonyl (C=O) groups is 1. The van der Waals surface area contributed by atoms with E-state index in [2.05, 4.69) is 34.1 Å². The molecule has 2 aromatic rings. The van der Waals surface area contributed by atoms with E-state index in [-0.39, 0.29) is 11.9 Å². The van der Waals surface area contributed by atoms with E-state index < -0.39 is 0 Å². The first kappa shape index (κ1) is 18.2. The van der Waals surface area contributed by atoms with Gasteiger partial charge in [-0.2, -0.15) is 0 Å². The Bertz CT molecular complexity index is 804. The van der Waals surface area contributed by atoms with E-state index in [1.54, 1.807) is 0 Å². The monoisotopic (exact) mass is 367 g/mol. The minimum atomic E-state index is -0.0405. The van der Waals surface area contributed by atoms with E-state index in [0.717, 1.165) is 38.8 Å². The van der Waals surface area contributed by atoms with Crippen LogP contribution < -0.4 is 0 Å². The SMILES string of the molecule is CCc1nc(C)c(C(=O)N(C)C2CCCN(C3Cc4ccccc4C3)C2)o1. The molecule has 5 heteroatoms. The summed E-state index contributed by atoms with van der Waals surface area (Å²) in [4.78, 5) is 21.8. The van der Waals surface area contributed by atoms with Crippen molar-refractivity contribution in [1.29, 1.82) is 0 Å². The molecular formula is C22H29N3O2. The van der Waals surface area contributed by atoms with Gasteiger partial charge in [0.2, 0.25) is 5.76 Å². The van der Waals surface area contributed by atoms with Crippen molar-refractivity contribution in [2.45, 2.75) is 58.0 Å². The lowest BCUT2D eigenvalue weighted by Crippen LogP contribution is -2.51. The summed E-state index contributed by atoms with van der Waals surface area (Å²) in [5, 5.41) is 0. The van der Waals surface area contributed by atoms with Crippen molar-refractivity contribution in [3.63, 3.8) is 0 Å². The van der Waals surface area contributed by atoms with Gasteiger partial charge in [0, 0.05) is 32.1 Å². The molecule has 1 amide bonds. The predicted octanol–water partition coefficient (Wildman–Crippen LogP) is 3.25. The van der Waals surface area contributed by atoms with Gasteiger partial charge in [-0.1, -0.05) is 31.2 Å². The van der Waals surface area contributed by atoms with Gasteiger partial charge in [0.05, 0.1) is 5.69 Å². The lowest BCUT2D eigenvalue weighted by Gasteiger charge is -2.40. The first-order chi connectivity index (χ1) is 13.1. The van der Waals surface area contributed by atoms with Crippen LogP contribution in [0.5, 0.6) is 0 Å². The van der Waals surface area contributed by atoms with Crippen molar-refractivity contribution in [3.05, 3.63) is 52.7 Å². The van der Waals surface area contributed by atoms with E-state index >= 15 is 0 Å². The highest BCUT2D eigenvalue weighted by Gasteiger charge is 2.34. The molecule has 5 nitrogen and oxygen atoms in total. The van der Waals surface area contributed by atoms with Crippen LogP contribution in [0.1, 0.15) is 53.0 Å². The molecular weight excluding hydrogens is 338 g/mol. The van der Waals surface area contributed by atoms with E-state index in [9.17, 15) is 4.79 Å². The first-order valence-electron chi connectivity index (χ1n) is 10.1. The van der Waals surface area contributed by atoms with Gasteiger partial charge in [-0.05, 0) is 50.3 Å². The van der Waals surface area contributed by atoms with Gasteiger partial charge in [0.15, 0.2) is 5.89 Å². The average molecular weight is 367 g/mol. The summed E-state index contributed by atoms with van der Waals surface area (Å²) in [6.45, 7) is 5.90. The standard InChI is InChI=1S/C22H29N3O2/c1-4-20-23-15(2)21(27-20)22(26)24(3)18-10-7-11-25(14-18)19-12-16-8-5-6-9-17(16)13-19/h5-6,8-9,18-19H,4,7,10-14H2,1-3H3. The Labute approximate surface area is 161 Å². The first-order valence-corrected chi connectivity index (χ1v) is 10.1. The number of nitrogens with zero attached hydrogens (tertiary/aromatic N) is 3. The molecule has 1 aromatic heterocycles. The number of carbonyl (C=O) groups excluding carboxylic acids is 1. The Hall–Kier alpha value is -2.14. The maximum atomic E-state index is 13.0. The lowest BCUT2D eigenvalue weighted by molar-refractivity contribution is 0.0526. The molecule has 0 bridgehead atoms. The fraction of sp³-hybridized carbons (Fsp3) is 0.545. The number of aryl methyl sites for hydroxylation is 2. The molecule has 2 heterocycles. The Morgan fingerprint density at radius 3 is 2.63 bits per heavy atom. The van der Waals surface area contributed by atoms with Gasteiger partial charge >= 0.3 is 0 Å². The summed E-state index contributed by atoms with van der Waals surface area (Å²) >= 11 is 0. The van der Waals surface area contributed by atoms with Gasteiger partial charge in [0.1, 0.15) is 0 Å². The Morgan fingerprint density at radius 2 is 2.00 bits per heavy atom. The number of hydrogen-bond acceptors (Lipinski definition) is 4. The Balaban J connectivity index is 1.43. The third-order valence-electron chi connectivity index (χ3n) is 6.18. The van der Waals surface area contributed by atoms with Crippen LogP contribution in [0.4, 0.5) is 0 Å². The summed E-state index contributed by atoms with van der Waals surface area (Å²) in [6.07, 6.45) is 5.14. The predicted molar refractivity (Wildman–Crippen MR) is 105 cm³/mol. The number of fused-ring (bicyclic) bond motifs is 1. The average Bonchev–Trinajstić information content (AvgIpc) is 3.30. The van der Waals surface area contributed by atoms with Gasteiger partial charge in [-0.15, -0.1) is 0 Å². The second-order valence-electron chi connectivity index (χ2n) is 7.91. The fourth-order valence-electron chi connectivity index (χ4n) is 4.55. The van der Waals surface area contributed by atoms with Crippen LogP contribution in [0.25, 0.3) is 0 Å². The molecule has 4 rings (SSSR count). The molecule has 27 heavy (non-hydrogen) atoms. The van der Waals surface area contributed by atoms with Crippen molar-refractivity contribution in [2.75, 3.05) is 20.1 Å². The summed E-state index contributed by atoms with van der Waals surface area (Å²) in [5.74, 6) is 0.999. The van der Waals surface area contributed by atoms with Crippen molar-refractivity contribution in [2.24, 2.45) is 0 Å². The van der Waals surface area contributed by atoms with Crippen molar-refractivity contribution >= 4 is 5.91 Å². The second kappa shape index (κ2) is 7.47. The number of aromatic nitrogens is 1. The highest BCUT2D eigenvalue weighted by Crippen LogP contribution is 2.28. The molecule has 1 fully saturated rings. The van der Waals surface area contributed by atoms with Gasteiger partial charge in [0.25, 0.3) is 5.91 Å². The smallest absolute Gasteiger partial charge is 0.291 e. The van der Waals surface area contributed by atoms with E-state index in [1.165, 1.54) is 11.1 Å². The van der Waals surface area contributed by atoms with Crippen molar-refractivity contribution in [1.82, 2.24) is 14.8 Å². The van der Waals surface area contributed by atoms with Crippen LogP contribution in [-0.4, -0.2) is 52.9 Å². The van der Waals surface area contributed by atoms with Crippen LogP contribution in [0.15, 0.2) is 28.7 Å². The molecule has 144 valence electrons. The molecule has 0 N–H and O–H groups in total. The van der Waals surface area contributed by atoms with Crippen LogP contribution in [-0.2, 0) is 19.3 Å². The molecule has 0 spiro atoms. The highest BCUT2D eigenvalue weighted by atomic mass is 16.4. The molecule has 0 radical (unpaired) electrons. The second-order valence-corrected chi connectivity index (χ2v) is 7.91. The molecule has 1 atom stereocenters. The van der Waals surface area contributed by atoms with Crippen molar-refractivity contribution in [3.8, 4) is 0 Å². The normalized spacial score (nSPS) is 20.6. The highest BCUT2D eigenvalue weighted by molar-refractivity contribution is 5.92. The molecule has 0 saturated carbocycles. The topological polar surface area (TPSA) is 49.6 Å². The third-order valence-corrected chi connectivity index (χ3v) is 6.18. The third kappa shape index (κ3) is 3.53. The minimum absolute atomic E-state index is 0.0405. The Kier molecular flexibility index (Phi) is 5.04.